The normalized spacial score (nSPS) is 25.1. The minimum atomic E-state index is 0.145. The fourth-order valence-corrected chi connectivity index (χ4v) is 3.47. The van der Waals surface area contributed by atoms with Crippen molar-refractivity contribution in [1.29, 1.82) is 0 Å². The minimum Gasteiger partial charge on any atom is -0.381 e. The van der Waals surface area contributed by atoms with Gasteiger partial charge in [-0.15, -0.1) is 11.3 Å². The first-order valence-electron chi connectivity index (χ1n) is 7.02. The van der Waals surface area contributed by atoms with Crippen molar-refractivity contribution in [3.63, 3.8) is 0 Å². The van der Waals surface area contributed by atoms with Crippen molar-refractivity contribution in [3.05, 3.63) is 21.9 Å². The van der Waals surface area contributed by atoms with Gasteiger partial charge in [0.1, 0.15) is 0 Å². The van der Waals surface area contributed by atoms with Gasteiger partial charge in [0.2, 0.25) is 0 Å². The molecule has 1 saturated carbocycles. The van der Waals surface area contributed by atoms with Crippen LogP contribution in [0, 0.1) is 12.3 Å². The molecule has 0 saturated heterocycles. The van der Waals surface area contributed by atoms with Gasteiger partial charge in [-0.1, -0.05) is 13.8 Å². The number of guanidine groups is 1. The van der Waals surface area contributed by atoms with E-state index < -0.39 is 0 Å². The Morgan fingerprint density at radius 3 is 2.75 bits per heavy atom. The lowest BCUT2D eigenvalue weighted by atomic mass is 9.64. The molecular formula is C15H25N3OS. The van der Waals surface area contributed by atoms with Gasteiger partial charge in [-0.2, -0.15) is 0 Å². The van der Waals surface area contributed by atoms with Crippen LogP contribution >= 0.6 is 11.3 Å². The van der Waals surface area contributed by atoms with E-state index in [2.05, 4.69) is 48.5 Å². The summed E-state index contributed by atoms with van der Waals surface area (Å²) >= 11 is 1.82. The number of rotatable bonds is 4. The molecule has 0 spiro atoms. The average Bonchev–Trinajstić information content (AvgIpc) is 2.83. The summed E-state index contributed by atoms with van der Waals surface area (Å²) in [5, 5.41) is 6.88. The van der Waals surface area contributed by atoms with Crippen LogP contribution in [0.15, 0.2) is 17.1 Å². The lowest BCUT2D eigenvalue weighted by Gasteiger charge is -2.51. The van der Waals surface area contributed by atoms with Crippen LogP contribution in [-0.2, 0) is 11.3 Å². The number of thiophene rings is 1. The van der Waals surface area contributed by atoms with Crippen LogP contribution in [0.3, 0.4) is 0 Å². The van der Waals surface area contributed by atoms with Gasteiger partial charge < -0.3 is 15.4 Å². The molecule has 0 bridgehead atoms. The third-order valence-electron chi connectivity index (χ3n) is 4.22. The van der Waals surface area contributed by atoms with E-state index in [4.69, 9.17) is 4.74 Å². The molecule has 20 heavy (non-hydrogen) atoms. The summed E-state index contributed by atoms with van der Waals surface area (Å²) in [4.78, 5) is 6.97. The van der Waals surface area contributed by atoms with Crippen molar-refractivity contribution < 1.29 is 4.74 Å². The van der Waals surface area contributed by atoms with Gasteiger partial charge in [-0.3, -0.25) is 4.99 Å². The fraction of sp³-hybridized carbons (Fsp3) is 0.667. The zero-order valence-electron chi connectivity index (χ0n) is 13.0. The second kappa shape index (κ2) is 6.14. The molecule has 1 aromatic heterocycles. The predicted molar refractivity (Wildman–Crippen MR) is 85.4 cm³/mol. The zero-order valence-corrected chi connectivity index (χ0v) is 13.8. The Labute approximate surface area is 125 Å². The topological polar surface area (TPSA) is 45.7 Å². The zero-order chi connectivity index (χ0) is 14.8. The highest BCUT2D eigenvalue weighted by molar-refractivity contribution is 7.11. The van der Waals surface area contributed by atoms with Crippen molar-refractivity contribution in [1.82, 2.24) is 10.6 Å². The Morgan fingerprint density at radius 1 is 1.50 bits per heavy atom. The van der Waals surface area contributed by atoms with Crippen LogP contribution in [0.25, 0.3) is 0 Å². The van der Waals surface area contributed by atoms with E-state index in [1.165, 1.54) is 9.75 Å². The molecule has 2 N–H and O–H groups in total. The minimum absolute atomic E-state index is 0.145. The number of nitrogens with one attached hydrogen (secondary N) is 2. The van der Waals surface area contributed by atoms with Gasteiger partial charge in [0.15, 0.2) is 5.96 Å². The molecule has 1 aromatic rings. The standard InChI is InChI=1S/C15H25N3OS/c1-10-6-7-11(20-10)9-17-14(16-4)18-12-8-13(19-5)15(12,2)3/h6-7,12-13H,8-9H2,1-5H3,(H2,16,17,18). The van der Waals surface area contributed by atoms with Crippen LogP contribution in [0.4, 0.5) is 0 Å². The third kappa shape index (κ3) is 3.15. The Balaban J connectivity index is 1.85. The molecule has 2 rings (SSSR count). The molecule has 0 radical (unpaired) electrons. The van der Waals surface area contributed by atoms with Gasteiger partial charge in [0.05, 0.1) is 12.6 Å². The van der Waals surface area contributed by atoms with E-state index in [1.54, 1.807) is 7.11 Å². The predicted octanol–water partition coefficient (Wildman–Crippen LogP) is 2.54. The smallest absolute Gasteiger partial charge is 0.191 e. The molecule has 5 heteroatoms. The van der Waals surface area contributed by atoms with Gasteiger partial charge >= 0.3 is 0 Å². The van der Waals surface area contributed by atoms with Crippen molar-refractivity contribution >= 4 is 17.3 Å². The maximum Gasteiger partial charge on any atom is 0.191 e. The van der Waals surface area contributed by atoms with Crippen molar-refractivity contribution in [2.24, 2.45) is 10.4 Å². The highest BCUT2D eigenvalue weighted by Gasteiger charge is 2.48. The second-order valence-electron chi connectivity index (χ2n) is 5.92. The Kier molecular flexibility index (Phi) is 4.70. The number of ether oxygens (including phenoxy) is 1. The first-order chi connectivity index (χ1) is 9.47. The molecule has 0 aliphatic heterocycles. The number of methoxy groups -OCH3 is 1. The number of aryl methyl sites for hydroxylation is 1. The number of hydrogen-bond donors (Lipinski definition) is 2. The number of nitrogens with zero attached hydrogens (tertiary/aromatic N) is 1. The summed E-state index contributed by atoms with van der Waals surface area (Å²) in [5.41, 5.74) is 0.145. The van der Waals surface area contributed by atoms with Crippen LogP contribution in [0.2, 0.25) is 0 Å². The molecule has 0 aromatic carbocycles. The van der Waals surface area contributed by atoms with Gasteiger partial charge in [0.25, 0.3) is 0 Å². The second-order valence-corrected chi connectivity index (χ2v) is 7.29. The van der Waals surface area contributed by atoms with E-state index in [0.29, 0.717) is 12.1 Å². The highest BCUT2D eigenvalue weighted by Crippen LogP contribution is 2.42. The van der Waals surface area contributed by atoms with Crippen LogP contribution in [0.1, 0.15) is 30.0 Å². The van der Waals surface area contributed by atoms with Crippen molar-refractivity contribution in [2.75, 3.05) is 14.2 Å². The first-order valence-corrected chi connectivity index (χ1v) is 7.84. The highest BCUT2D eigenvalue weighted by atomic mass is 32.1. The molecule has 0 amide bonds. The van der Waals surface area contributed by atoms with Crippen LogP contribution in [-0.4, -0.2) is 32.3 Å². The molecule has 1 fully saturated rings. The lowest BCUT2D eigenvalue weighted by molar-refractivity contribution is -0.0922. The summed E-state index contributed by atoms with van der Waals surface area (Å²) < 4.78 is 5.48. The maximum absolute atomic E-state index is 5.48. The lowest BCUT2D eigenvalue weighted by Crippen LogP contribution is -2.63. The first kappa shape index (κ1) is 15.3. The monoisotopic (exact) mass is 295 g/mol. The van der Waals surface area contributed by atoms with E-state index in [0.717, 1.165) is 18.9 Å². The fourth-order valence-electron chi connectivity index (χ4n) is 2.64. The summed E-state index contributed by atoms with van der Waals surface area (Å²) in [6.45, 7) is 7.42. The Hall–Kier alpha value is -1.07. The molecule has 1 heterocycles. The van der Waals surface area contributed by atoms with Crippen molar-refractivity contribution in [3.8, 4) is 0 Å². The molecule has 2 unspecified atom stereocenters. The van der Waals surface area contributed by atoms with Gasteiger partial charge in [-0.05, 0) is 25.5 Å². The summed E-state index contributed by atoms with van der Waals surface area (Å²) in [6.07, 6.45) is 1.36. The molecular weight excluding hydrogens is 270 g/mol. The van der Waals surface area contributed by atoms with E-state index >= 15 is 0 Å². The van der Waals surface area contributed by atoms with Crippen molar-refractivity contribution in [2.45, 2.75) is 45.9 Å². The molecule has 1 aliphatic rings. The maximum atomic E-state index is 5.48. The van der Waals surface area contributed by atoms with Gasteiger partial charge in [0, 0.05) is 35.4 Å². The van der Waals surface area contributed by atoms with Crippen LogP contribution in [0.5, 0.6) is 0 Å². The largest absolute Gasteiger partial charge is 0.381 e. The van der Waals surface area contributed by atoms with Crippen LogP contribution < -0.4 is 10.6 Å². The van der Waals surface area contributed by atoms with Gasteiger partial charge in [-0.25, -0.2) is 0 Å². The molecule has 1 aliphatic carbocycles. The third-order valence-corrected chi connectivity index (χ3v) is 5.22. The summed E-state index contributed by atoms with van der Waals surface area (Å²) in [7, 11) is 3.60. The quantitative estimate of drug-likeness (QED) is 0.663. The van der Waals surface area contributed by atoms with E-state index in [-0.39, 0.29) is 5.41 Å². The average molecular weight is 295 g/mol. The van der Waals surface area contributed by atoms with E-state index in [1.807, 2.05) is 18.4 Å². The number of hydrogen-bond acceptors (Lipinski definition) is 3. The summed E-state index contributed by atoms with van der Waals surface area (Å²) in [5.74, 6) is 0.865. The Morgan fingerprint density at radius 2 is 2.25 bits per heavy atom. The number of aliphatic imine (C=N–C) groups is 1. The Bertz CT molecular complexity index is 481. The molecule has 2 atom stereocenters. The molecule has 112 valence electrons. The summed E-state index contributed by atoms with van der Waals surface area (Å²) in [6, 6.07) is 4.72. The SMILES string of the molecule is CN=C(NCc1ccc(C)s1)NC1CC(OC)C1(C)C. The molecule has 4 nitrogen and oxygen atoms in total. The van der Waals surface area contributed by atoms with E-state index in [9.17, 15) is 0 Å².